The molecule has 1 heterocycles. The third-order valence-electron chi connectivity index (χ3n) is 4.97. The van der Waals surface area contributed by atoms with Crippen LogP contribution in [0.25, 0.3) is 0 Å². The highest BCUT2D eigenvalue weighted by Gasteiger charge is 2.31. The molecule has 0 fully saturated rings. The second-order valence-electron chi connectivity index (χ2n) is 6.72. The monoisotopic (exact) mass is 417 g/mol. The second-order valence-corrected chi connectivity index (χ2v) is 7.64. The maximum atomic E-state index is 12.2. The van der Waals surface area contributed by atoms with Crippen molar-refractivity contribution in [3.8, 4) is 0 Å². The summed E-state index contributed by atoms with van der Waals surface area (Å²) in [6.45, 7) is 0. The van der Waals surface area contributed by atoms with Gasteiger partial charge in [0.1, 0.15) is 0 Å². The number of hydrogen-bond donors (Lipinski definition) is 0. The summed E-state index contributed by atoms with van der Waals surface area (Å²) in [5.41, 5.74) is 3.57. The molecule has 3 heteroatoms. The Morgan fingerprint density at radius 1 is 0.815 bits per heavy atom. The van der Waals surface area contributed by atoms with Crippen LogP contribution in [-0.4, -0.2) is 10.7 Å². The van der Waals surface area contributed by atoms with E-state index in [1.807, 2.05) is 30.5 Å². The first-order chi connectivity index (χ1) is 13.2. The molecule has 2 nitrogen and oxygen atoms in total. The molecule has 0 aromatic heterocycles. The number of benzene rings is 3. The Bertz CT molecular complexity index is 896. The molecule has 0 N–H and O–H groups in total. The van der Waals surface area contributed by atoms with Crippen LogP contribution in [0.15, 0.2) is 102 Å². The Balaban J connectivity index is 1.82. The molecule has 0 aliphatic carbocycles. The fraction of sp³-hybridized carbons (Fsp3) is 0.125. The molecule has 0 saturated carbocycles. The molecule has 1 atom stereocenters. The predicted molar refractivity (Wildman–Crippen MR) is 112 cm³/mol. The van der Waals surface area contributed by atoms with Crippen LogP contribution < -0.4 is 0 Å². The van der Waals surface area contributed by atoms with E-state index < -0.39 is 0 Å². The fourth-order valence-corrected chi connectivity index (χ4v) is 3.95. The van der Waals surface area contributed by atoms with E-state index in [1.165, 1.54) is 11.1 Å². The minimum absolute atomic E-state index is 0.000937. The van der Waals surface area contributed by atoms with Crippen LogP contribution in [0.4, 0.5) is 0 Å². The summed E-state index contributed by atoms with van der Waals surface area (Å²) in [6.07, 6.45) is 4.14. The number of rotatable bonds is 4. The third kappa shape index (κ3) is 3.88. The summed E-state index contributed by atoms with van der Waals surface area (Å²) >= 11 is 3.50. The van der Waals surface area contributed by atoms with Gasteiger partial charge in [0.2, 0.25) is 0 Å². The number of hydrogen-bond acceptors (Lipinski definition) is 2. The van der Waals surface area contributed by atoms with Crippen molar-refractivity contribution in [2.24, 2.45) is 0 Å². The van der Waals surface area contributed by atoms with Crippen LogP contribution in [0.1, 0.15) is 35.2 Å². The Morgan fingerprint density at radius 3 is 1.93 bits per heavy atom. The van der Waals surface area contributed by atoms with Gasteiger partial charge in [-0.25, -0.2) is 0 Å². The first-order valence-corrected chi connectivity index (χ1v) is 9.85. The van der Waals surface area contributed by atoms with Crippen molar-refractivity contribution in [3.63, 3.8) is 0 Å². The first kappa shape index (κ1) is 17.7. The predicted octanol–water partition coefficient (Wildman–Crippen LogP) is 6.07. The van der Waals surface area contributed by atoms with Gasteiger partial charge in [-0.15, -0.1) is 0 Å². The molecular formula is C24H20BrNO. The van der Waals surface area contributed by atoms with E-state index in [9.17, 15) is 4.79 Å². The van der Waals surface area contributed by atoms with Gasteiger partial charge in [0, 0.05) is 17.1 Å². The molecule has 0 amide bonds. The number of nitrogens with zero attached hydrogens (tertiary/aromatic N) is 1. The Morgan fingerprint density at radius 2 is 1.37 bits per heavy atom. The number of allylic oxidation sites excluding steroid dienone is 1. The minimum Gasteiger partial charge on any atom is -0.359 e. The molecule has 1 aliphatic heterocycles. The van der Waals surface area contributed by atoms with E-state index in [-0.39, 0.29) is 17.9 Å². The lowest BCUT2D eigenvalue weighted by Crippen LogP contribution is -2.33. The van der Waals surface area contributed by atoms with E-state index in [2.05, 4.69) is 81.5 Å². The van der Waals surface area contributed by atoms with Crippen LogP contribution in [0.2, 0.25) is 0 Å². The van der Waals surface area contributed by atoms with Gasteiger partial charge in [-0.3, -0.25) is 4.79 Å². The highest BCUT2D eigenvalue weighted by molar-refractivity contribution is 9.10. The van der Waals surface area contributed by atoms with Crippen molar-refractivity contribution in [1.82, 2.24) is 4.90 Å². The van der Waals surface area contributed by atoms with Crippen LogP contribution in [-0.2, 0) is 4.79 Å². The van der Waals surface area contributed by atoms with Gasteiger partial charge in [-0.05, 0) is 34.9 Å². The van der Waals surface area contributed by atoms with Crippen molar-refractivity contribution >= 4 is 21.7 Å². The normalized spacial score (nSPS) is 16.7. The van der Waals surface area contributed by atoms with Crippen LogP contribution >= 0.6 is 15.9 Å². The van der Waals surface area contributed by atoms with E-state index in [0.29, 0.717) is 6.42 Å². The van der Waals surface area contributed by atoms with Gasteiger partial charge in [-0.2, -0.15) is 0 Å². The molecular weight excluding hydrogens is 398 g/mol. The molecule has 0 bridgehead atoms. The average Bonchev–Trinajstić information content (AvgIpc) is 2.71. The van der Waals surface area contributed by atoms with E-state index in [1.54, 1.807) is 6.08 Å². The Kier molecular flexibility index (Phi) is 5.21. The van der Waals surface area contributed by atoms with Gasteiger partial charge in [0.15, 0.2) is 5.78 Å². The summed E-state index contributed by atoms with van der Waals surface area (Å²) in [6, 6.07) is 29.3. The molecule has 4 rings (SSSR count). The molecule has 134 valence electrons. The average molecular weight is 418 g/mol. The first-order valence-electron chi connectivity index (χ1n) is 9.06. The number of ketones is 1. The zero-order chi connectivity index (χ0) is 18.6. The van der Waals surface area contributed by atoms with E-state index in [0.717, 1.165) is 10.0 Å². The summed E-state index contributed by atoms with van der Waals surface area (Å²) in [5.74, 6) is 0.166. The second kappa shape index (κ2) is 7.93. The number of carbonyl (C=O) groups is 1. The maximum Gasteiger partial charge on any atom is 0.159 e. The zero-order valence-electron chi connectivity index (χ0n) is 14.8. The molecule has 0 saturated heterocycles. The van der Waals surface area contributed by atoms with Gasteiger partial charge < -0.3 is 4.90 Å². The van der Waals surface area contributed by atoms with Crippen molar-refractivity contribution in [2.45, 2.75) is 18.5 Å². The molecule has 0 radical (unpaired) electrons. The zero-order valence-corrected chi connectivity index (χ0v) is 16.4. The molecule has 27 heavy (non-hydrogen) atoms. The van der Waals surface area contributed by atoms with Gasteiger partial charge >= 0.3 is 0 Å². The van der Waals surface area contributed by atoms with Crippen LogP contribution in [0.5, 0.6) is 0 Å². The largest absolute Gasteiger partial charge is 0.359 e. The maximum absolute atomic E-state index is 12.2. The summed E-state index contributed by atoms with van der Waals surface area (Å²) in [5, 5.41) is 0. The standard InChI is InChI=1S/C24H20BrNO/c25-21-13-11-18(12-14-21)23-17-22(27)15-16-26(23)24(19-7-3-1-4-8-19)20-9-5-2-6-10-20/h1-16,23-24H,17H2/t23-/m0/s1. The number of halogens is 1. The lowest BCUT2D eigenvalue weighted by Gasteiger charge is -2.40. The Hall–Kier alpha value is -2.65. The Labute approximate surface area is 168 Å². The topological polar surface area (TPSA) is 20.3 Å². The lowest BCUT2D eigenvalue weighted by atomic mass is 9.90. The molecule has 3 aromatic rings. The molecule has 1 aliphatic rings. The third-order valence-corrected chi connectivity index (χ3v) is 5.50. The van der Waals surface area contributed by atoms with Gasteiger partial charge in [0.25, 0.3) is 0 Å². The number of carbonyl (C=O) groups excluding carboxylic acids is 1. The highest BCUT2D eigenvalue weighted by Crippen LogP contribution is 2.39. The summed E-state index contributed by atoms with van der Waals surface area (Å²) < 4.78 is 1.04. The van der Waals surface area contributed by atoms with Crippen LogP contribution in [0.3, 0.4) is 0 Å². The van der Waals surface area contributed by atoms with Crippen molar-refractivity contribution in [2.75, 3.05) is 0 Å². The van der Waals surface area contributed by atoms with Crippen molar-refractivity contribution in [3.05, 3.63) is 118 Å². The molecule has 3 aromatic carbocycles. The fourth-order valence-electron chi connectivity index (χ4n) is 3.69. The van der Waals surface area contributed by atoms with Crippen LogP contribution in [0, 0.1) is 0 Å². The van der Waals surface area contributed by atoms with E-state index >= 15 is 0 Å². The quantitative estimate of drug-likeness (QED) is 0.513. The summed E-state index contributed by atoms with van der Waals surface area (Å²) in [4.78, 5) is 14.5. The van der Waals surface area contributed by atoms with Crippen molar-refractivity contribution in [1.29, 1.82) is 0 Å². The highest BCUT2D eigenvalue weighted by atomic mass is 79.9. The van der Waals surface area contributed by atoms with Crippen molar-refractivity contribution < 1.29 is 4.79 Å². The smallest absolute Gasteiger partial charge is 0.159 e. The molecule has 0 unspecified atom stereocenters. The lowest BCUT2D eigenvalue weighted by molar-refractivity contribution is -0.116. The van der Waals surface area contributed by atoms with Gasteiger partial charge in [-0.1, -0.05) is 88.7 Å². The molecule has 0 spiro atoms. The minimum atomic E-state index is 0.000937. The SMILES string of the molecule is O=C1C=CN(C(c2ccccc2)c2ccccc2)[C@H](c2ccc(Br)cc2)C1. The summed E-state index contributed by atoms with van der Waals surface area (Å²) in [7, 11) is 0. The van der Waals surface area contributed by atoms with Gasteiger partial charge in [0.05, 0.1) is 12.1 Å². The van der Waals surface area contributed by atoms with E-state index in [4.69, 9.17) is 0 Å².